The van der Waals surface area contributed by atoms with Crippen molar-refractivity contribution < 1.29 is 13.2 Å². The lowest BCUT2D eigenvalue weighted by molar-refractivity contribution is -0.117. The maximum absolute atomic E-state index is 12.8. The van der Waals surface area contributed by atoms with Crippen LogP contribution < -0.4 is 5.32 Å². The van der Waals surface area contributed by atoms with Gasteiger partial charge in [-0.2, -0.15) is 4.31 Å². The number of halogens is 1. The Morgan fingerprint density at radius 3 is 2.88 bits per heavy atom. The molecule has 0 unspecified atom stereocenters. The quantitative estimate of drug-likeness (QED) is 0.860. The summed E-state index contributed by atoms with van der Waals surface area (Å²) in [5.74, 6) is 0.120. The van der Waals surface area contributed by atoms with Gasteiger partial charge < -0.3 is 5.32 Å². The molecule has 0 radical (unpaired) electrons. The van der Waals surface area contributed by atoms with Gasteiger partial charge in [0.15, 0.2) is 5.13 Å². The van der Waals surface area contributed by atoms with Crippen molar-refractivity contribution in [3.8, 4) is 0 Å². The van der Waals surface area contributed by atoms with Gasteiger partial charge in [0.25, 0.3) is 0 Å². The van der Waals surface area contributed by atoms with Crippen molar-refractivity contribution in [2.24, 2.45) is 5.92 Å². The summed E-state index contributed by atoms with van der Waals surface area (Å²) in [5.41, 5.74) is 0.869. The van der Waals surface area contributed by atoms with Crippen LogP contribution >= 0.6 is 22.9 Å². The monoisotopic (exact) mass is 397 g/mol. The molecule has 1 aliphatic heterocycles. The van der Waals surface area contributed by atoms with Crippen molar-refractivity contribution in [2.75, 3.05) is 11.9 Å². The summed E-state index contributed by atoms with van der Waals surface area (Å²) in [7, 11) is -3.60. The molecule has 0 bridgehead atoms. The minimum absolute atomic E-state index is 0.00880. The molecule has 2 heterocycles. The van der Waals surface area contributed by atoms with Gasteiger partial charge in [-0.15, -0.1) is 11.3 Å². The summed E-state index contributed by atoms with van der Waals surface area (Å²) in [6.45, 7) is 0.628. The summed E-state index contributed by atoms with van der Waals surface area (Å²) in [5, 5.41) is 3.79. The Bertz CT molecular complexity index is 938. The first-order valence-electron chi connectivity index (χ1n) is 7.98. The smallest absolute Gasteiger partial charge is 0.243 e. The summed E-state index contributed by atoms with van der Waals surface area (Å²) in [6, 6.07) is 6.28. The zero-order valence-corrected chi connectivity index (χ0v) is 15.6. The number of nitrogens with one attached hydrogen (secondary N) is 1. The van der Waals surface area contributed by atoms with Gasteiger partial charge in [0.1, 0.15) is 0 Å². The number of carbonyl (C=O) groups is 1. The fourth-order valence-electron chi connectivity index (χ4n) is 2.76. The van der Waals surface area contributed by atoms with E-state index in [4.69, 9.17) is 11.6 Å². The van der Waals surface area contributed by atoms with E-state index in [0.717, 1.165) is 23.4 Å². The largest absolute Gasteiger partial charge is 0.302 e. The van der Waals surface area contributed by atoms with Crippen LogP contribution in [-0.4, -0.2) is 30.2 Å². The lowest BCUT2D eigenvalue weighted by Crippen LogP contribution is -2.35. The number of fused-ring (bicyclic) bond motifs is 1. The molecule has 25 heavy (non-hydrogen) atoms. The summed E-state index contributed by atoms with van der Waals surface area (Å²) in [6.07, 6.45) is 2.40. The van der Waals surface area contributed by atoms with Gasteiger partial charge in [0.2, 0.25) is 15.9 Å². The SMILES string of the molecule is O=C(Nc1nc2c(s1)CN(S(=O)(=O)c1cccc(Cl)c1)CC2)C1CC1. The minimum atomic E-state index is -3.60. The number of sulfonamides is 1. The second-order valence-electron chi connectivity index (χ2n) is 6.20. The van der Waals surface area contributed by atoms with Crippen LogP contribution in [0.25, 0.3) is 0 Å². The zero-order valence-electron chi connectivity index (χ0n) is 13.2. The number of hydrogen-bond acceptors (Lipinski definition) is 5. The molecule has 1 aromatic carbocycles. The van der Waals surface area contributed by atoms with Crippen molar-refractivity contribution in [3.63, 3.8) is 0 Å². The van der Waals surface area contributed by atoms with E-state index in [1.165, 1.54) is 21.7 Å². The van der Waals surface area contributed by atoms with Crippen molar-refractivity contribution in [1.29, 1.82) is 0 Å². The van der Waals surface area contributed by atoms with Crippen LogP contribution in [0.3, 0.4) is 0 Å². The van der Waals surface area contributed by atoms with Crippen LogP contribution in [0.15, 0.2) is 29.2 Å². The lowest BCUT2D eigenvalue weighted by atomic mass is 10.2. The van der Waals surface area contributed by atoms with E-state index in [-0.39, 0.29) is 23.3 Å². The molecule has 0 spiro atoms. The summed E-state index contributed by atoms with van der Waals surface area (Å²) < 4.78 is 27.1. The van der Waals surface area contributed by atoms with Crippen molar-refractivity contribution in [2.45, 2.75) is 30.7 Å². The molecule has 1 aromatic heterocycles. The number of carbonyl (C=O) groups excluding carboxylic acids is 1. The van der Waals surface area contributed by atoms with Gasteiger partial charge in [0.05, 0.1) is 17.1 Å². The van der Waals surface area contributed by atoms with E-state index in [1.54, 1.807) is 18.2 Å². The summed E-state index contributed by atoms with van der Waals surface area (Å²) >= 11 is 7.27. The first-order chi connectivity index (χ1) is 11.9. The Balaban J connectivity index is 1.54. The number of amides is 1. The van der Waals surface area contributed by atoms with Crippen LogP contribution in [-0.2, 0) is 27.8 Å². The van der Waals surface area contributed by atoms with Gasteiger partial charge in [0, 0.05) is 28.8 Å². The average molecular weight is 398 g/mol. The van der Waals surface area contributed by atoms with Gasteiger partial charge in [-0.3, -0.25) is 4.79 Å². The molecule has 1 aliphatic carbocycles. The van der Waals surface area contributed by atoms with Gasteiger partial charge in [-0.1, -0.05) is 17.7 Å². The number of aromatic nitrogens is 1. The van der Waals surface area contributed by atoms with Crippen LogP contribution in [0.2, 0.25) is 5.02 Å². The molecule has 9 heteroatoms. The minimum Gasteiger partial charge on any atom is -0.302 e. The Morgan fingerprint density at radius 1 is 1.36 bits per heavy atom. The van der Waals surface area contributed by atoms with E-state index in [0.29, 0.717) is 23.1 Å². The molecule has 1 N–H and O–H groups in total. The molecular formula is C16H16ClN3O3S2. The fourth-order valence-corrected chi connectivity index (χ4v) is 5.58. The predicted molar refractivity (Wildman–Crippen MR) is 96.2 cm³/mol. The second-order valence-corrected chi connectivity index (χ2v) is 9.66. The van der Waals surface area contributed by atoms with Crippen LogP contribution in [0.1, 0.15) is 23.4 Å². The van der Waals surface area contributed by atoms with Crippen molar-refractivity contribution >= 4 is 44.0 Å². The normalized spacial score (nSPS) is 18.0. The number of anilines is 1. The van der Waals surface area contributed by atoms with E-state index in [9.17, 15) is 13.2 Å². The van der Waals surface area contributed by atoms with E-state index < -0.39 is 10.0 Å². The molecule has 0 saturated heterocycles. The fraction of sp³-hybridized carbons (Fsp3) is 0.375. The molecule has 1 amide bonds. The standard InChI is InChI=1S/C16H16ClN3O3S2/c17-11-2-1-3-12(8-11)25(22,23)20-7-6-13-14(9-20)24-16(18-13)19-15(21)10-4-5-10/h1-3,8,10H,4-7,9H2,(H,18,19,21). The average Bonchev–Trinajstić information content (AvgIpc) is 3.35. The molecule has 2 aromatic rings. The molecule has 2 aliphatic rings. The Kier molecular flexibility index (Phi) is 4.31. The highest BCUT2D eigenvalue weighted by Crippen LogP contribution is 2.34. The highest BCUT2D eigenvalue weighted by atomic mass is 35.5. The molecule has 1 fully saturated rings. The van der Waals surface area contributed by atoms with Crippen LogP contribution in [0.5, 0.6) is 0 Å². The highest BCUT2D eigenvalue weighted by Gasteiger charge is 2.33. The third-order valence-electron chi connectivity index (χ3n) is 4.31. The number of hydrogen-bond donors (Lipinski definition) is 1. The van der Waals surface area contributed by atoms with Crippen LogP contribution in [0.4, 0.5) is 5.13 Å². The van der Waals surface area contributed by atoms with Crippen molar-refractivity contribution in [3.05, 3.63) is 39.9 Å². The predicted octanol–water partition coefficient (Wildman–Crippen LogP) is 2.89. The number of benzene rings is 1. The first kappa shape index (κ1) is 17.0. The molecule has 1 saturated carbocycles. The first-order valence-corrected chi connectivity index (χ1v) is 10.6. The number of thiazole rings is 1. The third kappa shape index (κ3) is 3.44. The Labute approximate surface area is 154 Å². The van der Waals surface area contributed by atoms with Gasteiger partial charge >= 0.3 is 0 Å². The van der Waals surface area contributed by atoms with E-state index in [2.05, 4.69) is 10.3 Å². The molecule has 4 rings (SSSR count). The summed E-state index contributed by atoms with van der Waals surface area (Å²) in [4.78, 5) is 17.4. The third-order valence-corrected chi connectivity index (χ3v) is 7.38. The van der Waals surface area contributed by atoms with Crippen molar-refractivity contribution in [1.82, 2.24) is 9.29 Å². The number of nitrogens with zero attached hydrogens (tertiary/aromatic N) is 2. The molecular weight excluding hydrogens is 382 g/mol. The lowest BCUT2D eigenvalue weighted by Gasteiger charge is -2.25. The Hall–Kier alpha value is -1.48. The zero-order chi connectivity index (χ0) is 17.6. The molecule has 0 atom stereocenters. The van der Waals surface area contributed by atoms with Gasteiger partial charge in [-0.25, -0.2) is 13.4 Å². The van der Waals surface area contributed by atoms with E-state index >= 15 is 0 Å². The molecule has 6 nitrogen and oxygen atoms in total. The second kappa shape index (κ2) is 6.35. The maximum Gasteiger partial charge on any atom is 0.243 e. The topological polar surface area (TPSA) is 79.4 Å². The van der Waals surface area contributed by atoms with Crippen LogP contribution in [0, 0.1) is 5.92 Å². The van der Waals surface area contributed by atoms with E-state index in [1.807, 2.05) is 0 Å². The Morgan fingerprint density at radius 2 is 2.16 bits per heavy atom. The maximum atomic E-state index is 12.8. The van der Waals surface area contributed by atoms with Gasteiger partial charge in [-0.05, 0) is 31.0 Å². The highest BCUT2D eigenvalue weighted by molar-refractivity contribution is 7.89. The molecule has 132 valence electrons. The number of rotatable bonds is 4.